The molecule has 2 aromatic rings. The summed E-state index contributed by atoms with van der Waals surface area (Å²) in [6, 6.07) is 3.32. The molecule has 0 saturated carbocycles. The van der Waals surface area contributed by atoms with E-state index in [1.807, 2.05) is 13.8 Å². The van der Waals surface area contributed by atoms with Crippen LogP contribution >= 0.6 is 11.8 Å². The normalized spacial score (nSPS) is 10.8. The molecular formula is C13H13F2N3OS. The highest BCUT2D eigenvalue weighted by Crippen LogP contribution is 2.35. The maximum atomic E-state index is 13.6. The summed E-state index contributed by atoms with van der Waals surface area (Å²) in [6.07, 6.45) is 1.20. The fraction of sp³-hybridized carbons (Fsp3) is 0.231. The molecule has 0 spiro atoms. The average Bonchev–Trinajstić information content (AvgIpc) is 2.36. The van der Waals surface area contributed by atoms with E-state index in [0.29, 0.717) is 5.03 Å². The third-order valence-electron chi connectivity index (χ3n) is 2.26. The predicted octanol–water partition coefficient (Wildman–Crippen LogP) is 3.28. The molecule has 4 nitrogen and oxygen atoms in total. The molecule has 0 amide bonds. The van der Waals surface area contributed by atoms with E-state index in [-0.39, 0.29) is 22.6 Å². The van der Waals surface area contributed by atoms with Crippen LogP contribution in [0.4, 0.5) is 14.5 Å². The number of rotatable bonds is 4. The summed E-state index contributed by atoms with van der Waals surface area (Å²) in [5, 5.41) is 0.362. The molecule has 106 valence electrons. The largest absolute Gasteiger partial charge is 0.473 e. The number of hydrogen-bond acceptors (Lipinski definition) is 5. The number of hydrogen-bond donors (Lipinski definition) is 1. The molecule has 0 aliphatic rings. The minimum atomic E-state index is -0.667. The lowest BCUT2D eigenvalue weighted by Crippen LogP contribution is -2.10. The minimum Gasteiger partial charge on any atom is -0.473 e. The molecule has 0 bridgehead atoms. The number of aromatic nitrogens is 2. The molecule has 0 unspecified atom stereocenters. The van der Waals surface area contributed by atoms with Crippen molar-refractivity contribution in [3.8, 4) is 5.88 Å². The monoisotopic (exact) mass is 297 g/mol. The van der Waals surface area contributed by atoms with Gasteiger partial charge in [-0.1, -0.05) is 11.8 Å². The van der Waals surface area contributed by atoms with E-state index in [9.17, 15) is 8.78 Å². The molecule has 0 aliphatic carbocycles. The van der Waals surface area contributed by atoms with Crippen molar-refractivity contribution in [1.82, 2.24) is 9.97 Å². The quantitative estimate of drug-likeness (QED) is 0.878. The van der Waals surface area contributed by atoms with E-state index in [0.717, 1.165) is 17.8 Å². The Hall–Kier alpha value is -1.89. The first-order valence-corrected chi connectivity index (χ1v) is 6.69. The van der Waals surface area contributed by atoms with Crippen LogP contribution < -0.4 is 10.5 Å². The van der Waals surface area contributed by atoms with Crippen LogP contribution in [0.15, 0.2) is 34.4 Å². The SMILES string of the molecule is CC(C)Oc1ncnc(Sc2ccc(F)cc2F)c1N. The summed E-state index contributed by atoms with van der Waals surface area (Å²) < 4.78 is 31.9. The van der Waals surface area contributed by atoms with Crippen molar-refractivity contribution in [3.05, 3.63) is 36.2 Å². The summed E-state index contributed by atoms with van der Waals surface area (Å²) in [5.41, 5.74) is 6.12. The Balaban J connectivity index is 2.29. The third kappa shape index (κ3) is 3.36. The Morgan fingerprint density at radius 3 is 2.65 bits per heavy atom. The first kappa shape index (κ1) is 14.5. The van der Waals surface area contributed by atoms with Gasteiger partial charge in [0.2, 0.25) is 5.88 Å². The molecule has 1 aromatic carbocycles. The standard InChI is InChI=1S/C13H13F2N3OS/c1-7(2)19-12-11(16)13(18-6-17-12)20-10-4-3-8(14)5-9(10)15/h3-7H,16H2,1-2H3. The number of nitrogen functional groups attached to an aromatic ring is 1. The van der Waals surface area contributed by atoms with E-state index in [1.165, 1.54) is 18.5 Å². The zero-order valence-electron chi connectivity index (χ0n) is 10.9. The highest BCUT2D eigenvalue weighted by Gasteiger charge is 2.14. The van der Waals surface area contributed by atoms with Gasteiger partial charge in [-0.2, -0.15) is 4.98 Å². The van der Waals surface area contributed by atoms with Gasteiger partial charge < -0.3 is 10.5 Å². The molecule has 0 aliphatic heterocycles. The van der Waals surface area contributed by atoms with Crippen LogP contribution in [0.1, 0.15) is 13.8 Å². The van der Waals surface area contributed by atoms with Crippen molar-refractivity contribution in [2.24, 2.45) is 0 Å². The number of halogens is 2. The van der Waals surface area contributed by atoms with Gasteiger partial charge in [0, 0.05) is 11.0 Å². The number of nitrogens with zero attached hydrogens (tertiary/aromatic N) is 2. The Morgan fingerprint density at radius 1 is 1.25 bits per heavy atom. The highest BCUT2D eigenvalue weighted by atomic mass is 32.2. The van der Waals surface area contributed by atoms with E-state index in [2.05, 4.69) is 9.97 Å². The zero-order valence-corrected chi connectivity index (χ0v) is 11.7. The maximum Gasteiger partial charge on any atom is 0.241 e. The molecule has 1 heterocycles. The van der Waals surface area contributed by atoms with Crippen LogP contribution in [0.5, 0.6) is 5.88 Å². The Morgan fingerprint density at radius 2 is 2.00 bits per heavy atom. The lowest BCUT2D eigenvalue weighted by atomic mass is 10.3. The Bertz CT molecular complexity index is 623. The molecule has 1 aromatic heterocycles. The lowest BCUT2D eigenvalue weighted by molar-refractivity contribution is 0.233. The van der Waals surface area contributed by atoms with Gasteiger partial charge in [0.05, 0.1) is 6.10 Å². The van der Waals surface area contributed by atoms with Gasteiger partial charge in [-0.05, 0) is 26.0 Å². The third-order valence-corrected chi connectivity index (χ3v) is 3.33. The van der Waals surface area contributed by atoms with Crippen LogP contribution in [0.2, 0.25) is 0 Å². The van der Waals surface area contributed by atoms with Gasteiger partial charge in [-0.15, -0.1) is 0 Å². The van der Waals surface area contributed by atoms with Crippen LogP contribution in [0.25, 0.3) is 0 Å². The lowest BCUT2D eigenvalue weighted by Gasteiger charge is -2.12. The van der Waals surface area contributed by atoms with Gasteiger partial charge in [-0.3, -0.25) is 0 Å². The molecule has 0 saturated heterocycles. The summed E-state index contributed by atoms with van der Waals surface area (Å²) in [4.78, 5) is 8.15. The fourth-order valence-corrected chi connectivity index (χ4v) is 2.22. The molecule has 0 fully saturated rings. The van der Waals surface area contributed by atoms with E-state index < -0.39 is 11.6 Å². The first-order valence-electron chi connectivity index (χ1n) is 5.87. The van der Waals surface area contributed by atoms with Crippen molar-refractivity contribution in [2.45, 2.75) is 29.9 Å². The number of benzene rings is 1. The van der Waals surface area contributed by atoms with Crippen LogP contribution in [-0.2, 0) is 0 Å². The zero-order chi connectivity index (χ0) is 14.7. The van der Waals surface area contributed by atoms with Gasteiger partial charge in [0.15, 0.2) is 0 Å². The number of ether oxygens (including phenoxy) is 1. The Kier molecular flexibility index (Phi) is 4.39. The minimum absolute atomic E-state index is 0.0902. The molecule has 7 heteroatoms. The van der Waals surface area contributed by atoms with Gasteiger partial charge in [-0.25, -0.2) is 13.8 Å². The van der Waals surface area contributed by atoms with Crippen molar-refractivity contribution in [2.75, 3.05) is 5.73 Å². The summed E-state index contributed by atoms with van der Waals surface area (Å²) in [6.45, 7) is 3.68. The van der Waals surface area contributed by atoms with Crippen molar-refractivity contribution < 1.29 is 13.5 Å². The maximum absolute atomic E-state index is 13.6. The molecule has 0 atom stereocenters. The van der Waals surface area contributed by atoms with Crippen LogP contribution in [-0.4, -0.2) is 16.1 Å². The second-order valence-corrected chi connectivity index (χ2v) is 5.27. The molecule has 2 rings (SSSR count). The number of nitrogens with two attached hydrogens (primary N) is 1. The Labute approximate surface area is 119 Å². The van der Waals surface area contributed by atoms with E-state index in [4.69, 9.17) is 10.5 Å². The van der Waals surface area contributed by atoms with E-state index in [1.54, 1.807) is 0 Å². The summed E-state index contributed by atoms with van der Waals surface area (Å²) >= 11 is 0.993. The van der Waals surface area contributed by atoms with Crippen LogP contribution in [0, 0.1) is 11.6 Å². The van der Waals surface area contributed by atoms with Gasteiger partial charge in [0.1, 0.15) is 28.7 Å². The smallest absolute Gasteiger partial charge is 0.241 e. The van der Waals surface area contributed by atoms with Crippen molar-refractivity contribution in [3.63, 3.8) is 0 Å². The van der Waals surface area contributed by atoms with Crippen molar-refractivity contribution >= 4 is 17.4 Å². The predicted molar refractivity (Wildman–Crippen MR) is 72.7 cm³/mol. The first-order chi connectivity index (χ1) is 9.47. The second kappa shape index (κ2) is 6.04. The molecule has 2 N–H and O–H groups in total. The van der Waals surface area contributed by atoms with Gasteiger partial charge in [0.25, 0.3) is 0 Å². The topological polar surface area (TPSA) is 61.0 Å². The summed E-state index contributed by atoms with van der Waals surface area (Å²) in [7, 11) is 0. The fourth-order valence-electron chi connectivity index (χ4n) is 1.42. The number of anilines is 1. The highest BCUT2D eigenvalue weighted by molar-refractivity contribution is 7.99. The van der Waals surface area contributed by atoms with Crippen LogP contribution in [0.3, 0.4) is 0 Å². The average molecular weight is 297 g/mol. The second-order valence-electron chi connectivity index (χ2n) is 4.24. The van der Waals surface area contributed by atoms with E-state index >= 15 is 0 Å². The van der Waals surface area contributed by atoms with Gasteiger partial charge >= 0.3 is 0 Å². The molecule has 0 radical (unpaired) electrons. The molecular weight excluding hydrogens is 284 g/mol. The molecule has 20 heavy (non-hydrogen) atoms. The van der Waals surface area contributed by atoms with Crippen molar-refractivity contribution in [1.29, 1.82) is 0 Å². The summed E-state index contributed by atoms with van der Waals surface area (Å²) in [5.74, 6) is -1.05.